The van der Waals surface area contributed by atoms with Crippen LogP contribution in [0.2, 0.25) is 4.34 Å². The van der Waals surface area contributed by atoms with Crippen molar-refractivity contribution >= 4 is 22.9 Å². The van der Waals surface area contributed by atoms with E-state index in [0.717, 1.165) is 10.9 Å². The van der Waals surface area contributed by atoms with Crippen molar-refractivity contribution in [3.63, 3.8) is 0 Å². The number of hydrogen-bond donors (Lipinski definition) is 1. The van der Waals surface area contributed by atoms with E-state index >= 15 is 0 Å². The standard InChI is InChI=1S/C9H12ClNS/c1-11-6-9(4-5-9)7-2-3-8(10)12-7/h2-3,11H,4-6H2,1H3. The molecule has 1 heterocycles. The van der Waals surface area contributed by atoms with Crippen LogP contribution >= 0.6 is 22.9 Å². The van der Waals surface area contributed by atoms with Crippen molar-refractivity contribution in [3.05, 3.63) is 21.3 Å². The fraction of sp³-hybridized carbons (Fsp3) is 0.556. The summed E-state index contributed by atoms with van der Waals surface area (Å²) in [7, 11) is 2.01. The van der Waals surface area contributed by atoms with Gasteiger partial charge in [0.1, 0.15) is 0 Å². The molecule has 0 atom stereocenters. The molecule has 3 heteroatoms. The Bertz CT molecular complexity index is 278. The molecule has 0 unspecified atom stereocenters. The van der Waals surface area contributed by atoms with Gasteiger partial charge in [-0.2, -0.15) is 0 Å². The summed E-state index contributed by atoms with van der Waals surface area (Å²) >= 11 is 7.62. The quantitative estimate of drug-likeness (QED) is 0.793. The van der Waals surface area contributed by atoms with Gasteiger partial charge in [-0.3, -0.25) is 0 Å². The maximum Gasteiger partial charge on any atom is 0.0931 e. The molecule has 0 amide bonds. The summed E-state index contributed by atoms with van der Waals surface area (Å²) in [5.74, 6) is 0. The third-order valence-corrected chi connectivity index (χ3v) is 3.94. The van der Waals surface area contributed by atoms with Crippen molar-refractivity contribution in [1.82, 2.24) is 5.32 Å². The first-order valence-electron chi connectivity index (χ1n) is 4.17. The molecule has 1 N–H and O–H groups in total. The topological polar surface area (TPSA) is 12.0 Å². The Hall–Kier alpha value is -0.0500. The van der Waals surface area contributed by atoms with Gasteiger partial charge in [0.25, 0.3) is 0 Å². The maximum absolute atomic E-state index is 5.89. The Kier molecular flexibility index (Phi) is 2.15. The van der Waals surface area contributed by atoms with Crippen LogP contribution in [0.25, 0.3) is 0 Å². The lowest BCUT2D eigenvalue weighted by atomic mass is 10.1. The minimum atomic E-state index is 0.437. The Labute approximate surface area is 81.7 Å². The molecule has 0 aliphatic heterocycles. The summed E-state index contributed by atoms with van der Waals surface area (Å²) in [5, 5.41) is 3.24. The molecule has 1 aromatic rings. The van der Waals surface area contributed by atoms with E-state index in [-0.39, 0.29) is 0 Å². The lowest BCUT2D eigenvalue weighted by Crippen LogP contribution is -2.22. The highest BCUT2D eigenvalue weighted by molar-refractivity contribution is 7.16. The Balaban J connectivity index is 2.18. The predicted octanol–water partition coefficient (Wildman–Crippen LogP) is 2.65. The summed E-state index contributed by atoms with van der Waals surface area (Å²) in [6.07, 6.45) is 2.62. The van der Waals surface area contributed by atoms with Crippen LogP contribution in [0, 0.1) is 0 Å². The zero-order valence-electron chi connectivity index (χ0n) is 7.06. The van der Waals surface area contributed by atoms with E-state index in [9.17, 15) is 0 Å². The van der Waals surface area contributed by atoms with Gasteiger partial charge in [0.05, 0.1) is 4.34 Å². The fourth-order valence-electron chi connectivity index (χ4n) is 1.60. The van der Waals surface area contributed by atoms with Crippen LogP contribution in [-0.4, -0.2) is 13.6 Å². The molecule has 1 aromatic heterocycles. The summed E-state index contributed by atoms with van der Waals surface area (Å²) in [5.41, 5.74) is 0.437. The van der Waals surface area contributed by atoms with E-state index in [4.69, 9.17) is 11.6 Å². The van der Waals surface area contributed by atoms with Gasteiger partial charge < -0.3 is 5.32 Å². The van der Waals surface area contributed by atoms with Crippen molar-refractivity contribution in [2.24, 2.45) is 0 Å². The molecule has 12 heavy (non-hydrogen) atoms. The van der Waals surface area contributed by atoms with Crippen LogP contribution in [-0.2, 0) is 5.41 Å². The third kappa shape index (κ3) is 1.39. The number of hydrogen-bond acceptors (Lipinski definition) is 2. The summed E-state index contributed by atoms with van der Waals surface area (Å²) in [6.45, 7) is 1.09. The van der Waals surface area contributed by atoms with Gasteiger partial charge in [0, 0.05) is 16.8 Å². The predicted molar refractivity (Wildman–Crippen MR) is 54.2 cm³/mol. The largest absolute Gasteiger partial charge is 0.319 e. The zero-order chi connectivity index (χ0) is 8.60. The molecule has 66 valence electrons. The molecule has 2 rings (SSSR count). The highest BCUT2D eigenvalue weighted by Gasteiger charge is 2.44. The molecular weight excluding hydrogens is 190 g/mol. The van der Waals surface area contributed by atoms with Crippen LogP contribution in [0.4, 0.5) is 0 Å². The van der Waals surface area contributed by atoms with E-state index in [1.165, 1.54) is 17.7 Å². The second-order valence-corrected chi connectivity index (χ2v) is 5.13. The molecule has 0 spiro atoms. The highest BCUT2D eigenvalue weighted by Crippen LogP contribution is 2.50. The Morgan fingerprint density at radius 3 is 2.75 bits per heavy atom. The van der Waals surface area contributed by atoms with Crippen molar-refractivity contribution in [2.45, 2.75) is 18.3 Å². The number of halogens is 1. The molecule has 1 aliphatic rings. The van der Waals surface area contributed by atoms with Gasteiger partial charge in [0.15, 0.2) is 0 Å². The summed E-state index contributed by atoms with van der Waals surface area (Å²) in [6, 6.07) is 4.16. The molecule has 0 saturated heterocycles. The second kappa shape index (κ2) is 3.02. The zero-order valence-corrected chi connectivity index (χ0v) is 8.63. The number of nitrogens with one attached hydrogen (secondary N) is 1. The molecular formula is C9H12ClNS. The van der Waals surface area contributed by atoms with Gasteiger partial charge >= 0.3 is 0 Å². The minimum absolute atomic E-state index is 0.437. The lowest BCUT2D eigenvalue weighted by Gasteiger charge is -2.11. The van der Waals surface area contributed by atoms with Crippen molar-refractivity contribution in [3.8, 4) is 0 Å². The fourth-order valence-corrected chi connectivity index (χ4v) is 2.89. The molecule has 0 radical (unpaired) electrons. The van der Waals surface area contributed by atoms with Crippen LogP contribution in [0.3, 0.4) is 0 Å². The number of rotatable bonds is 3. The number of likely N-dealkylation sites (N-methyl/N-ethyl adjacent to an activating group) is 1. The normalized spacial score (nSPS) is 19.5. The maximum atomic E-state index is 5.89. The van der Waals surface area contributed by atoms with E-state index in [0.29, 0.717) is 5.41 Å². The van der Waals surface area contributed by atoms with Crippen LogP contribution < -0.4 is 5.32 Å². The van der Waals surface area contributed by atoms with E-state index in [1.807, 2.05) is 13.1 Å². The average molecular weight is 202 g/mol. The molecule has 1 fully saturated rings. The molecule has 0 aromatic carbocycles. The van der Waals surface area contributed by atoms with Gasteiger partial charge in [0.2, 0.25) is 0 Å². The van der Waals surface area contributed by atoms with Crippen molar-refractivity contribution < 1.29 is 0 Å². The van der Waals surface area contributed by atoms with Crippen LogP contribution in [0.1, 0.15) is 17.7 Å². The van der Waals surface area contributed by atoms with E-state index in [1.54, 1.807) is 11.3 Å². The Morgan fingerprint density at radius 2 is 2.33 bits per heavy atom. The first-order valence-corrected chi connectivity index (χ1v) is 5.37. The third-order valence-electron chi connectivity index (χ3n) is 2.46. The summed E-state index contributed by atoms with van der Waals surface area (Å²) < 4.78 is 0.910. The van der Waals surface area contributed by atoms with Gasteiger partial charge in [-0.25, -0.2) is 0 Å². The van der Waals surface area contributed by atoms with Crippen molar-refractivity contribution in [2.75, 3.05) is 13.6 Å². The molecule has 1 nitrogen and oxygen atoms in total. The highest BCUT2D eigenvalue weighted by atomic mass is 35.5. The van der Waals surface area contributed by atoms with E-state index < -0.39 is 0 Å². The minimum Gasteiger partial charge on any atom is -0.319 e. The van der Waals surface area contributed by atoms with Gasteiger partial charge in [-0.15, -0.1) is 11.3 Å². The molecule has 1 aliphatic carbocycles. The van der Waals surface area contributed by atoms with E-state index in [2.05, 4.69) is 11.4 Å². The van der Waals surface area contributed by atoms with Gasteiger partial charge in [-0.1, -0.05) is 11.6 Å². The van der Waals surface area contributed by atoms with Gasteiger partial charge in [-0.05, 0) is 32.0 Å². The smallest absolute Gasteiger partial charge is 0.0931 e. The van der Waals surface area contributed by atoms with Crippen LogP contribution in [0.15, 0.2) is 12.1 Å². The lowest BCUT2D eigenvalue weighted by molar-refractivity contribution is 0.634. The molecule has 0 bridgehead atoms. The summed E-state index contributed by atoms with van der Waals surface area (Å²) in [4.78, 5) is 1.45. The SMILES string of the molecule is CNCC1(c2ccc(Cl)s2)CC1. The van der Waals surface area contributed by atoms with Crippen molar-refractivity contribution in [1.29, 1.82) is 0 Å². The second-order valence-electron chi connectivity index (χ2n) is 3.41. The molecule has 1 saturated carbocycles. The monoisotopic (exact) mass is 201 g/mol. The average Bonchev–Trinajstić information content (AvgIpc) is 2.69. The van der Waals surface area contributed by atoms with Crippen LogP contribution in [0.5, 0.6) is 0 Å². The number of thiophene rings is 1. The first kappa shape index (κ1) is 8.54. The Morgan fingerprint density at radius 1 is 1.58 bits per heavy atom. The first-order chi connectivity index (χ1) is 5.77.